The molecule has 1 aromatic carbocycles. The van der Waals surface area contributed by atoms with Gasteiger partial charge < -0.3 is 10.2 Å². The smallest absolute Gasteiger partial charge is 0.160 e. The van der Waals surface area contributed by atoms with Gasteiger partial charge in [-0.2, -0.15) is 0 Å². The van der Waals surface area contributed by atoms with E-state index in [0.29, 0.717) is 8.84 Å². The summed E-state index contributed by atoms with van der Waals surface area (Å²) in [5, 5.41) is 20.3. The average Bonchev–Trinajstić information content (AvgIpc) is 3.35. The summed E-state index contributed by atoms with van der Waals surface area (Å²) in [6.45, 7) is 6.97. The first-order chi connectivity index (χ1) is 12.7. The van der Waals surface area contributed by atoms with Gasteiger partial charge in [-0.15, -0.1) is 0 Å². The maximum Gasteiger partial charge on any atom is 0.160 e. The van der Waals surface area contributed by atoms with Crippen molar-refractivity contribution in [2.75, 3.05) is 0 Å². The SMILES string of the molecule is CCC(C)(C)CCCCCc1cc(O)c(O)c(CCCCCC2(I)CC2)c1. The maximum atomic E-state index is 10.2. The van der Waals surface area contributed by atoms with Crippen molar-refractivity contribution < 1.29 is 10.2 Å². The van der Waals surface area contributed by atoms with E-state index in [0.717, 1.165) is 31.2 Å². The lowest BCUT2D eigenvalue weighted by Gasteiger charge is -2.22. The van der Waals surface area contributed by atoms with E-state index in [-0.39, 0.29) is 11.5 Å². The third-order valence-electron chi connectivity index (χ3n) is 6.37. The van der Waals surface area contributed by atoms with E-state index in [1.807, 2.05) is 0 Å². The molecule has 3 heteroatoms. The summed E-state index contributed by atoms with van der Waals surface area (Å²) in [4.78, 5) is 0. The van der Waals surface area contributed by atoms with Crippen molar-refractivity contribution in [2.24, 2.45) is 5.41 Å². The van der Waals surface area contributed by atoms with Crippen LogP contribution < -0.4 is 0 Å². The molecule has 0 atom stereocenters. The van der Waals surface area contributed by atoms with E-state index < -0.39 is 0 Å². The van der Waals surface area contributed by atoms with Gasteiger partial charge in [-0.1, -0.05) is 81.5 Å². The van der Waals surface area contributed by atoms with Gasteiger partial charge >= 0.3 is 0 Å². The van der Waals surface area contributed by atoms with Crippen LogP contribution in [0.3, 0.4) is 0 Å². The van der Waals surface area contributed by atoms with Gasteiger partial charge in [0.05, 0.1) is 0 Å². The summed E-state index contributed by atoms with van der Waals surface area (Å²) < 4.78 is 0.616. The van der Waals surface area contributed by atoms with Crippen LogP contribution in [0.5, 0.6) is 11.5 Å². The number of hydrogen-bond acceptors (Lipinski definition) is 2. The van der Waals surface area contributed by atoms with Crippen LogP contribution in [0, 0.1) is 5.41 Å². The molecule has 2 rings (SSSR count). The highest BCUT2D eigenvalue weighted by Crippen LogP contribution is 2.49. The zero-order valence-corrected chi connectivity index (χ0v) is 19.8. The first-order valence-corrected chi connectivity index (χ1v) is 12.1. The number of phenols is 2. The molecule has 1 aliphatic rings. The number of hydrogen-bond donors (Lipinski definition) is 2. The number of phenolic OH excluding ortho intramolecular Hbond substituents is 2. The van der Waals surface area contributed by atoms with Crippen LogP contribution in [0.1, 0.15) is 103 Å². The molecule has 0 spiro atoms. The van der Waals surface area contributed by atoms with Crippen LogP contribution in [0.2, 0.25) is 0 Å². The first-order valence-electron chi connectivity index (χ1n) is 11.0. The van der Waals surface area contributed by atoms with Gasteiger partial charge in [0, 0.05) is 3.42 Å². The maximum absolute atomic E-state index is 10.2. The third kappa shape index (κ3) is 8.21. The topological polar surface area (TPSA) is 40.5 Å². The highest BCUT2D eigenvalue weighted by Gasteiger charge is 2.38. The number of rotatable bonds is 13. The number of unbranched alkanes of at least 4 members (excludes halogenated alkanes) is 4. The fourth-order valence-electron chi connectivity index (χ4n) is 3.68. The number of aryl methyl sites for hydroxylation is 2. The first kappa shape index (κ1) is 22.8. The second-order valence-electron chi connectivity index (χ2n) is 9.41. The molecule has 0 heterocycles. The minimum Gasteiger partial charge on any atom is -0.504 e. The Kier molecular flexibility index (Phi) is 8.76. The Morgan fingerprint density at radius 3 is 2.30 bits per heavy atom. The van der Waals surface area contributed by atoms with Gasteiger partial charge in [-0.05, 0) is 74.0 Å². The van der Waals surface area contributed by atoms with Crippen molar-refractivity contribution in [1.29, 1.82) is 0 Å². The monoisotopic (exact) mass is 486 g/mol. The molecule has 1 saturated carbocycles. The van der Waals surface area contributed by atoms with Crippen molar-refractivity contribution in [3.8, 4) is 11.5 Å². The molecular weight excluding hydrogens is 447 g/mol. The number of alkyl halides is 1. The van der Waals surface area contributed by atoms with E-state index in [4.69, 9.17) is 0 Å². The van der Waals surface area contributed by atoms with Crippen LogP contribution in [-0.2, 0) is 12.8 Å². The highest BCUT2D eigenvalue weighted by atomic mass is 127. The molecule has 0 saturated heterocycles. The summed E-state index contributed by atoms with van der Waals surface area (Å²) in [6.07, 6.45) is 15.7. The fourth-order valence-corrected chi connectivity index (χ4v) is 4.33. The molecule has 2 nitrogen and oxygen atoms in total. The van der Waals surface area contributed by atoms with Crippen molar-refractivity contribution in [3.63, 3.8) is 0 Å². The minimum atomic E-state index is 0.0545. The van der Waals surface area contributed by atoms with Crippen LogP contribution >= 0.6 is 22.6 Å². The Balaban J connectivity index is 1.73. The van der Waals surface area contributed by atoms with E-state index in [1.54, 1.807) is 6.07 Å². The van der Waals surface area contributed by atoms with Gasteiger partial charge in [-0.3, -0.25) is 0 Å². The van der Waals surface area contributed by atoms with Crippen LogP contribution in [0.25, 0.3) is 0 Å². The molecule has 1 aromatic rings. The quantitative estimate of drug-likeness (QED) is 0.130. The molecule has 0 bridgehead atoms. The Hall–Kier alpha value is -0.450. The normalized spacial score (nSPS) is 15.9. The van der Waals surface area contributed by atoms with Crippen molar-refractivity contribution in [3.05, 3.63) is 23.3 Å². The van der Waals surface area contributed by atoms with E-state index >= 15 is 0 Å². The molecule has 1 aliphatic carbocycles. The van der Waals surface area contributed by atoms with Crippen LogP contribution in [0.15, 0.2) is 12.1 Å². The lowest BCUT2D eigenvalue weighted by atomic mass is 9.84. The molecule has 0 aliphatic heterocycles. The highest BCUT2D eigenvalue weighted by molar-refractivity contribution is 14.1. The summed E-state index contributed by atoms with van der Waals surface area (Å²) in [5.41, 5.74) is 2.55. The molecule has 2 N–H and O–H groups in total. The van der Waals surface area contributed by atoms with Gasteiger partial charge in [0.1, 0.15) is 0 Å². The summed E-state index contributed by atoms with van der Waals surface area (Å²) in [5.74, 6) is 0.148. The zero-order valence-electron chi connectivity index (χ0n) is 17.6. The minimum absolute atomic E-state index is 0.0545. The molecule has 0 aromatic heterocycles. The lowest BCUT2D eigenvalue weighted by molar-refractivity contribution is 0.308. The lowest BCUT2D eigenvalue weighted by Crippen LogP contribution is -2.08. The molecule has 1 fully saturated rings. The van der Waals surface area contributed by atoms with Crippen molar-refractivity contribution in [2.45, 2.75) is 108 Å². The molecular formula is C24H39IO2. The summed E-state index contributed by atoms with van der Waals surface area (Å²) >= 11 is 2.62. The number of benzene rings is 1. The molecule has 0 unspecified atom stereocenters. The predicted octanol–water partition coefficient (Wildman–Crippen LogP) is 7.71. The Labute approximate surface area is 180 Å². The van der Waals surface area contributed by atoms with E-state index in [2.05, 4.69) is 49.4 Å². The van der Waals surface area contributed by atoms with E-state index in [9.17, 15) is 10.2 Å². The number of halogens is 1. The second kappa shape index (κ2) is 10.4. The molecule has 0 amide bonds. The van der Waals surface area contributed by atoms with E-state index in [1.165, 1.54) is 63.4 Å². The van der Waals surface area contributed by atoms with Gasteiger partial charge in [0.25, 0.3) is 0 Å². The standard InChI is InChI=1S/C24H39IO2/c1-4-23(2,3)13-9-5-7-11-19-17-20(22(27)21(26)18-19)12-8-6-10-14-24(25)15-16-24/h17-18,26-27H,4-16H2,1-3H3. The largest absolute Gasteiger partial charge is 0.504 e. The molecule has 154 valence electrons. The average molecular weight is 486 g/mol. The van der Waals surface area contributed by atoms with Gasteiger partial charge in [0.15, 0.2) is 11.5 Å². The summed E-state index contributed by atoms with van der Waals surface area (Å²) in [7, 11) is 0. The Morgan fingerprint density at radius 2 is 1.63 bits per heavy atom. The van der Waals surface area contributed by atoms with Crippen LogP contribution in [-0.4, -0.2) is 13.6 Å². The molecule has 0 radical (unpaired) electrons. The van der Waals surface area contributed by atoms with Gasteiger partial charge in [0.2, 0.25) is 0 Å². The van der Waals surface area contributed by atoms with Crippen molar-refractivity contribution in [1.82, 2.24) is 0 Å². The zero-order chi connectivity index (χ0) is 19.9. The van der Waals surface area contributed by atoms with Gasteiger partial charge in [-0.25, -0.2) is 0 Å². The Bertz CT molecular complexity index is 590. The van der Waals surface area contributed by atoms with Crippen LogP contribution in [0.4, 0.5) is 0 Å². The fraction of sp³-hybridized carbons (Fsp3) is 0.750. The van der Waals surface area contributed by atoms with Crippen molar-refractivity contribution >= 4 is 22.6 Å². The third-order valence-corrected chi connectivity index (χ3v) is 7.99. The molecule has 27 heavy (non-hydrogen) atoms. The predicted molar refractivity (Wildman–Crippen MR) is 124 cm³/mol. The number of aromatic hydroxyl groups is 2. The second-order valence-corrected chi connectivity index (χ2v) is 11.7. The summed E-state index contributed by atoms with van der Waals surface area (Å²) in [6, 6.07) is 3.87. The Morgan fingerprint density at radius 1 is 0.963 bits per heavy atom.